The number of Topliss-reactive ketones (excluding diaryl/α,β-unsaturated/α-hetero) is 1. The maximum Gasteiger partial charge on any atom is 0.164 e. The zero-order valence-corrected chi connectivity index (χ0v) is 11.8. The third kappa shape index (κ3) is 3.87. The number of carbonyl (C=O) groups excluding carboxylic acids is 1. The molecular formula is C16H22FNO. The summed E-state index contributed by atoms with van der Waals surface area (Å²) >= 11 is 0. The van der Waals surface area contributed by atoms with Crippen LogP contribution in [0.1, 0.15) is 42.1 Å². The standard InChI is InChI=1S/C16H22FNO/c1-12-5-8-18(9-6-12)10-7-16(19)14-4-3-13(2)15(17)11-14/h3-4,11-12H,5-10H2,1-2H3. The number of ketones is 1. The van der Waals surface area contributed by atoms with E-state index < -0.39 is 0 Å². The molecule has 0 spiro atoms. The van der Waals surface area contributed by atoms with Gasteiger partial charge in [0, 0.05) is 18.5 Å². The Morgan fingerprint density at radius 2 is 2.05 bits per heavy atom. The van der Waals surface area contributed by atoms with Gasteiger partial charge < -0.3 is 4.90 Å². The van der Waals surface area contributed by atoms with Crippen LogP contribution < -0.4 is 0 Å². The lowest BCUT2D eigenvalue weighted by atomic mass is 9.98. The highest BCUT2D eigenvalue weighted by molar-refractivity contribution is 5.96. The van der Waals surface area contributed by atoms with Gasteiger partial charge in [0.25, 0.3) is 0 Å². The van der Waals surface area contributed by atoms with Gasteiger partial charge in [-0.1, -0.05) is 19.1 Å². The van der Waals surface area contributed by atoms with E-state index in [2.05, 4.69) is 11.8 Å². The van der Waals surface area contributed by atoms with Crippen molar-refractivity contribution in [1.29, 1.82) is 0 Å². The molecular weight excluding hydrogens is 241 g/mol. The maximum atomic E-state index is 13.4. The molecule has 0 aromatic heterocycles. The van der Waals surface area contributed by atoms with Gasteiger partial charge >= 0.3 is 0 Å². The third-order valence-electron chi connectivity index (χ3n) is 4.03. The van der Waals surface area contributed by atoms with E-state index >= 15 is 0 Å². The van der Waals surface area contributed by atoms with Crippen molar-refractivity contribution in [1.82, 2.24) is 4.90 Å². The lowest BCUT2D eigenvalue weighted by molar-refractivity contribution is 0.0952. The molecule has 0 radical (unpaired) electrons. The van der Waals surface area contributed by atoms with E-state index in [0.29, 0.717) is 17.5 Å². The van der Waals surface area contributed by atoms with E-state index in [1.165, 1.54) is 18.9 Å². The van der Waals surface area contributed by atoms with E-state index in [1.807, 2.05) is 0 Å². The first-order chi connectivity index (χ1) is 9.06. The summed E-state index contributed by atoms with van der Waals surface area (Å²) in [7, 11) is 0. The van der Waals surface area contributed by atoms with Crippen LogP contribution in [0.5, 0.6) is 0 Å². The second-order valence-electron chi connectivity index (χ2n) is 5.66. The molecule has 1 heterocycles. The van der Waals surface area contributed by atoms with Crippen molar-refractivity contribution in [2.75, 3.05) is 19.6 Å². The molecule has 0 bridgehead atoms. The Hall–Kier alpha value is -1.22. The van der Waals surface area contributed by atoms with Gasteiger partial charge in [0.05, 0.1) is 0 Å². The fraction of sp³-hybridized carbons (Fsp3) is 0.562. The smallest absolute Gasteiger partial charge is 0.164 e. The number of likely N-dealkylation sites (tertiary alicyclic amines) is 1. The van der Waals surface area contributed by atoms with E-state index in [9.17, 15) is 9.18 Å². The number of piperidine rings is 1. The molecule has 1 fully saturated rings. The number of rotatable bonds is 4. The summed E-state index contributed by atoms with van der Waals surface area (Å²) in [6.45, 7) is 6.94. The van der Waals surface area contributed by atoms with Crippen LogP contribution >= 0.6 is 0 Å². The summed E-state index contributed by atoms with van der Waals surface area (Å²) < 4.78 is 13.4. The third-order valence-corrected chi connectivity index (χ3v) is 4.03. The molecule has 0 amide bonds. The molecule has 2 rings (SSSR count). The van der Waals surface area contributed by atoms with Gasteiger partial charge in [-0.15, -0.1) is 0 Å². The Kier molecular flexibility index (Phi) is 4.70. The number of hydrogen-bond donors (Lipinski definition) is 0. The molecule has 3 heteroatoms. The van der Waals surface area contributed by atoms with Crippen LogP contribution in [0.15, 0.2) is 18.2 Å². The van der Waals surface area contributed by atoms with Gasteiger partial charge in [-0.25, -0.2) is 4.39 Å². The Morgan fingerprint density at radius 3 is 2.68 bits per heavy atom. The Bertz CT molecular complexity index is 450. The van der Waals surface area contributed by atoms with Gasteiger partial charge in [-0.3, -0.25) is 4.79 Å². The average Bonchev–Trinajstić information content (AvgIpc) is 2.41. The number of halogens is 1. The number of carbonyl (C=O) groups is 1. The van der Waals surface area contributed by atoms with E-state index in [4.69, 9.17) is 0 Å². The molecule has 104 valence electrons. The normalized spacial score (nSPS) is 17.6. The van der Waals surface area contributed by atoms with Crippen molar-refractivity contribution in [3.05, 3.63) is 35.1 Å². The molecule has 1 aliphatic rings. The first-order valence-corrected chi connectivity index (χ1v) is 7.08. The summed E-state index contributed by atoms with van der Waals surface area (Å²) in [5.74, 6) is 0.549. The van der Waals surface area contributed by atoms with Crippen molar-refractivity contribution in [2.45, 2.75) is 33.1 Å². The summed E-state index contributed by atoms with van der Waals surface area (Å²) in [6, 6.07) is 4.75. The van der Waals surface area contributed by atoms with Gasteiger partial charge in [0.15, 0.2) is 5.78 Å². The Morgan fingerprint density at radius 1 is 1.37 bits per heavy atom. The minimum Gasteiger partial charge on any atom is -0.303 e. The zero-order valence-electron chi connectivity index (χ0n) is 11.8. The minimum absolute atomic E-state index is 0.0394. The van der Waals surface area contributed by atoms with Crippen molar-refractivity contribution in [3.8, 4) is 0 Å². The molecule has 0 unspecified atom stereocenters. The van der Waals surface area contributed by atoms with Crippen LogP contribution in [0, 0.1) is 18.7 Å². The van der Waals surface area contributed by atoms with Crippen LogP contribution in [-0.4, -0.2) is 30.3 Å². The van der Waals surface area contributed by atoms with Crippen molar-refractivity contribution in [2.24, 2.45) is 5.92 Å². The Labute approximate surface area is 114 Å². The van der Waals surface area contributed by atoms with Gasteiger partial charge in [0.1, 0.15) is 5.82 Å². The van der Waals surface area contributed by atoms with E-state index in [1.54, 1.807) is 19.1 Å². The second kappa shape index (κ2) is 6.29. The van der Waals surface area contributed by atoms with Crippen molar-refractivity contribution >= 4 is 5.78 Å². The van der Waals surface area contributed by atoms with Crippen molar-refractivity contribution in [3.63, 3.8) is 0 Å². The molecule has 0 saturated carbocycles. The lowest BCUT2D eigenvalue weighted by Gasteiger charge is -2.29. The van der Waals surface area contributed by atoms with E-state index in [-0.39, 0.29) is 11.6 Å². The number of nitrogens with zero attached hydrogens (tertiary/aromatic N) is 1. The fourth-order valence-electron chi connectivity index (χ4n) is 2.46. The lowest BCUT2D eigenvalue weighted by Crippen LogP contribution is -2.34. The second-order valence-corrected chi connectivity index (χ2v) is 5.66. The van der Waals surface area contributed by atoms with Crippen LogP contribution in [0.25, 0.3) is 0 Å². The summed E-state index contributed by atoms with van der Waals surface area (Å²) in [6.07, 6.45) is 2.91. The highest BCUT2D eigenvalue weighted by Crippen LogP contribution is 2.17. The van der Waals surface area contributed by atoms with E-state index in [0.717, 1.165) is 25.6 Å². The van der Waals surface area contributed by atoms with Gasteiger partial charge in [-0.05, 0) is 50.4 Å². The molecule has 1 aromatic rings. The molecule has 2 nitrogen and oxygen atoms in total. The fourth-order valence-corrected chi connectivity index (χ4v) is 2.46. The predicted molar refractivity (Wildman–Crippen MR) is 74.9 cm³/mol. The molecule has 0 atom stereocenters. The number of hydrogen-bond acceptors (Lipinski definition) is 2. The van der Waals surface area contributed by atoms with Crippen LogP contribution in [0.2, 0.25) is 0 Å². The first-order valence-electron chi connectivity index (χ1n) is 7.08. The molecule has 1 aliphatic heterocycles. The highest BCUT2D eigenvalue weighted by atomic mass is 19.1. The largest absolute Gasteiger partial charge is 0.303 e. The SMILES string of the molecule is Cc1ccc(C(=O)CCN2CCC(C)CC2)cc1F. The zero-order chi connectivity index (χ0) is 13.8. The predicted octanol–water partition coefficient (Wildman–Crippen LogP) is 3.44. The average molecular weight is 263 g/mol. The summed E-state index contributed by atoms with van der Waals surface area (Å²) in [5, 5.41) is 0. The summed E-state index contributed by atoms with van der Waals surface area (Å²) in [5.41, 5.74) is 1.08. The van der Waals surface area contributed by atoms with Crippen LogP contribution in [0.3, 0.4) is 0 Å². The highest BCUT2D eigenvalue weighted by Gasteiger charge is 2.17. The molecule has 1 saturated heterocycles. The van der Waals surface area contributed by atoms with Gasteiger partial charge in [0.2, 0.25) is 0 Å². The van der Waals surface area contributed by atoms with Crippen molar-refractivity contribution < 1.29 is 9.18 Å². The van der Waals surface area contributed by atoms with Gasteiger partial charge in [-0.2, -0.15) is 0 Å². The topological polar surface area (TPSA) is 20.3 Å². The summed E-state index contributed by atoms with van der Waals surface area (Å²) in [4.78, 5) is 14.4. The van der Waals surface area contributed by atoms with Crippen LogP contribution in [-0.2, 0) is 0 Å². The number of benzene rings is 1. The quantitative estimate of drug-likeness (QED) is 0.776. The molecule has 1 aromatic carbocycles. The Balaban J connectivity index is 1.85. The molecule has 0 aliphatic carbocycles. The monoisotopic (exact) mass is 263 g/mol. The first kappa shape index (κ1) is 14.2. The number of aryl methyl sites for hydroxylation is 1. The molecule has 19 heavy (non-hydrogen) atoms. The van der Waals surface area contributed by atoms with Crippen LogP contribution in [0.4, 0.5) is 4.39 Å². The maximum absolute atomic E-state index is 13.4. The minimum atomic E-state index is -0.294. The molecule has 0 N–H and O–H groups in total.